The molecule has 0 bridgehead atoms. The molecule has 0 aromatic carbocycles. The summed E-state index contributed by atoms with van der Waals surface area (Å²) >= 11 is 0. The van der Waals surface area contributed by atoms with Crippen molar-refractivity contribution in [2.45, 2.75) is 39.5 Å². The molecule has 1 atom stereocenters. The Bertz CT molecular complexity index is 205. The zero-order valence-corrected chi connectivity index (χ0v) is 9.51. The summed E-state index contributed by atoms with van der Waals surface area (Å²) in [5, 5.41) is 0. The maximum absolute atomic E-state index is 11.2. The van der Waals surface area contributed by atoms with Crippen molar-refractivity contribution in [3.05, 3.63) is 0 Å². The van der Waals surface area contributed by atoms with E-state index in [9.17, 15) is 4.79 Å². The molecule has 14 heavy (non-hydrogen) atoms. The van der Waals surface area contributed by atoms with Crippen LogP contribution in [0.4, 0.5) is 4.79 Å². The van der Waals surface area contributed by atoms with Crippen LogP contribution in [0.2, 0.25) is 0 Å². The molecule has 0 aromatic rings. The van der Waals surface area contributed by atoms with Gasteiger partial charge < -0.3 is 9.64 Å². The maximum Gasteiger partial charge on any atom is 0.409 e. The van der Waals surface area contributed by atoms with Crippen LogP contribution in [-0.4, -0.2) is 31.2 Å². The molecule has 1 aliphatic heterocycles. The van der Waals surface area contributed by atoms with E-state index >= 15 is 0 Å². The molecule has 3 heteroatoms. The topological polar surface area (TPSA) is 29.5 Å². The first-order valence-electron chi connectivity index (χ1n) is 5.51. The van der Waals surface area contributed by atoms with Gasteiger partial charge in [-0.1, -0.05) is 26.7 Å². The average Bonchev–Trinajstić information content (AvgIpc) is 2.20. The zero-order valence-electron chi connectivity index (χ0n) is 9.51. The van der Waals surface area contributed by atoms with E-state index in [2.05, 4.69) is 13.8 Å². The van der Waals surface area contributed by atoms with Crippen molar-refractivity contribution in [1.29, 1.82) is 0 Å². The number of hydrogen-bond donors (Lipinski definition) is 0. The Kier molecular flexibility index (Phi) is 3.78. The van der Waals surface area contributed by atoms with E-state index in [4.69, 9.17) is 4.74 Å². The lowest BCUT2D eigenvalue weighted by Crippen LogP contribution is -2.47. The average molecular weight is 199 g/mol. The Morgan fingerprint density at radius 2 is 2.21 bits per heavy atom. The molecule has 0 radical (unpaired) electrons. The third-order valence-electron chi connectivity index (χ3n) is 3.20. The molecule has 0 saturated carbocycles. The second-order valence-corrected chi connectivity index (χ2v) is 4.37. The minimum Gasteiger partial charge on any atom is -0.449 e. The number of rotatable bonds is 4. The number of carbonyl (C=O) groups excluding carboxylic acids is 1. The van der Waals surface area contributed by atoms with Gasteiger partial charge in [-0.3, -0.25) is 0 Å². The number of hydrogen-bond acceptors (Lipinski definition) is 2. The number of unbranched alkanes of at least 4 members (excludes halogenated alkanes) is 1. The van der Waals surface area contributed by atoms with Crippen molar-refractivity contribution >= 4 is 6.09 Å². The van der Waals surface area contributed by atoms with Crippen LogP contribution >= 0.6 is 0 Å². The van der Waals surface area contributed by atoms with Crippen molar-refractivity contribution in [3.63, 3.8) is 0 Å². The first kappa shape index (κ1) is 11.3. The molecule has 0 N–H and O–H groups in total. The van der Waals surface area contributed by atoms with Crippen LogP contribution in [-0.2, 0) is 4.74 Å². The molecule has 1 amide bonds. The predicted octanol–water partition coefficient (Wildman–Crippen LogP) is 2.66. The summed E-state index contributed by atoms with van der Waals surface area (Å²) in [5.74, 6) is 0. The molecular weight excluding hydrogens is 178 g/mol. The van der Waals surface area contributed by atoms with Gasteiger partial charge in [-0.05, 0) is 12.8 Å². The molecule has 1 saturated heterocycles. The standard InChI is InChI=1S/C11H21NO2/c1-4-6-7-11(5-2)8-12(3)10(13)14-9-11/h4-9H2,1-3H3/t11-/m1/s1. The monoisotopic (exact) mass is 199 g/mol. The maximum atomic E-state index is 11.2. The summed E-state index contributed by atoms with van der Waals surface area (Å²) in [5.41, 5.74) is 0.207. The summed E-state index contributed by atoms with van der Waals surface area (Å²) in [6, 6.07) is 0. The van der Waals surface area contributed by atoms with Gasteiger partial charge in [0, 0.05) is 19.0 Å². The predicted molar refractivity (Wildman–Crippen MR) is 56.2 cm³/mol. The first-order valence-corrected chi connectivity index (χ1v) is 5.51. The van der Waals surface area contributed by atoms with E-state index in [0.29, 0.717) is 6.61 Å². The van der Waals surface area contributed by atoms with Gasteiger partial charge in [-0.15, -0.1) is 0 Å². The van der Waals surface area contributed by atoms with Crippen molar-refractivity contribution in [2.24, 2.45) is 5.41 Å². The van der Waals surface area contributed by atoms with Gasteiger partial charge in [-0.25, -0.2) is 4.79 Å². The summed E-state index contributed by atoms with van der Waals surface area (Å²) in [6.07, 6.45) is 4.51. The lowest BCUT2D eigenvalue weighted by molar-refractivity contribution is -0.00609. The summed E-state index contributed by atoms with van der Waals surface area (Å²) < 4.78 is 5.18. The summed E-state index contributed by atoms with van der Waals surface area (Å²) in [6.45, 7) is 5.83. The van der Waals surface area contributed by atoms with Crippen LogP contribution in [0, 0.1) is 5.41 Å². The zero-order chi connectivity index (χ0) is 10.6. The Labute approximate surface area is 86.4 Å². The fourth-order valence-corrected chi connectivity index (χ4v) is 2.03. The number of carbonyl (C=O) groups is 1. The third-order valence-corrected chi connectivity index (χ3v) is 3.20. The molecule has 1 rings (SSSR count). The van der Waals surface area contributed by atoms with E-state index in [1.807, 2.05) is 7.05 Å². The largest absolute Gasteiger partial charge is 0.449 e. The van der Waals surface area contributed by atoms with Gasteiger partial charge in [0.25, 0.3) is 0 Å². The van der Waals surface area contributed by atoms with Crippen molar-refractivity contribution in [2.75, 3.05) is 20.2 Å². The van der Waals surface area contributed by atoms with Crippen molar-refractivity contribution in [3.8, 4) is 0 Å². The molecule has 0 unspecified atom stereocenters. The van der Waals surface area contributed by atoms with Crippen LogP contribution in [0.5, 0.6) is 0 Å². The third kappa shape index (κ3) is 2.40. The number of nitrogens with zero attached hydrogens (tertiary/aromatic N) is 1. The lowest BCUT2D eigenvalue weighted by Gasteiger charge is -2.40. The van der Waals surface area contributed by atoms with E-state index in [0.717, 1.165) is 19.4 Å². The molecule has 3 nitrogen and oxygen atoms in total. The van der Waals surface area contributed by atoms with Crippen molar-refractivity contribution in [1.82, 2.24) is 4.90 Å². The highest BCUT2D eigenvalue weighted by Crippen LogP contribution is 2.33. The van der Waals surface area contributed by atoms with E-state index in [-0.39, 0.29) is 11.5 Å². The van der Waals surface area contributed by atoms with Crippen LogP contribution in [0.1, 0.15) is 39.5 Å². The van der Waals surface area contributed by atoms with Crippen LogP contribution in [0.25, 0.3) is 0 Å². The van der Waals surface area contributed by atoms with Crippen LogP contribution in [0.15, 0.2) is 0 Å². The van der Waals surface area contributed by atoms with Gasteiger partial charge in [-0.2, -0.15) is 0 Å². The van der Waals surface area contributed by atoms with Gasteiger partial charge in [0.05, 0.1) is 0 Å². The van der Waals surface area contributed by atoms with Gasteiger partial charge in [0.1, 0.15) is 6.61 Å². The Hall–Kier alpha value is -0.730. The Morgan fingerprint density at radius 1 is 1.50 bits per heavy atom. The fourth-order valence-electron chi connectivity index (χ4n) is 2.03. The molecule has 1 heterocycles. The molecule has 0 spiro atoms. The fraction of sp³-hybridized carbons (Fsp3) is 0.909. The molecule has 0 aliphatic carbocycles. The first-order chi connectivity index (χ1) is 6.63. The van der Waals surface area contributed by atoms with E-state index < -0.39 is 0 Å². The normalized spacial score (nSPS) is 27.6. The van der Waals surface area contributed by atoms with Crippen molar-refractivity contribution < 1.29 is 9.53 Å². The minimum absolute atomic E-state index is 0.175. The molecular formula is C11H21NO2. The van der Waals surface area contributed by atoms with E-state index in [1.54, 1.807) is 4.90 Å². The molecule has 1 fully saturated rings. The van der Waals surface area contributed by atoms with Crippen LogP contribution < -0.4 is 0 Å². The number of cyclic esters (lactones) is 1. The number of ether oxygens (including phenoxy) is 1. The molecule has 1 aliphatic rings. The highest BCUT2D eigenvalue weighted by molar-refractivity contribution is 5.68. The van der Waals surface area contributed by atoms with Crippen LogP contribution in [0.3, 0.4) is 0 Å². The SMILES string of the molecule is CCCC[C@@]1(CC)COC(=O)N(C)C1. The smallest absolute Gasteiger partial charge is 0.409 e. The van der Waals surface area contributed by atoms with E-state index in [1.165, 1.54) is 12.8 Å². The highest BCUT2D eigenvalue weighted by Gasteiger charge is 2.36. The molecule has 82 valence electrons. The second-order valence-electron chi connectivity index (χ2n) is 4.37. The Morgan fingerprint density at radius 3 is 2.71 bits per heavy atom. The van der Waals surface area contributed by atoms with Gasteiger partial charge in [0.2, 0.25) is 0 Å². The quantitative estimate of drug-likeness (QED) is 0.696. The summed E-state index contributed by atoms with van der Waals surface area (Å²) in [4.78, 5) is 12.9. The number of amides is 1. The van der Waals surface area contributed by atoms with Gasteiger partial charge >= 0.3 is 6.09 Å². The lowest BCUT2D eigenvalue weighted by atomic mass is 9.80. The van der Waals surface area contributed by atoms with Gasteiger partial charge in [0.15, 0.2) is 0 Å². The Balaban J connectivity index is 2.56. The summed E-state index contributed by atoms with van der Waals surface area (Å²) in [7, 11) is 1.82. The molecule has 0 aromatic heterocycles. The highest BCUT2D eigenvalue weighted by atomic mass is 16.6. The minimum atomic E-state index is -0.175. The second kappa shape index (κ2) is 4.67.